The normalized spacial score (nSPS) is 10.7. The fourth-order valence-electron chi connectivity index (χ4n) is 2.53. The fraction of sp³-hybridized carbons (Fsp3) is 0.0870. The highest BCUT2D eigenvalue weighted by molar-refractivity contribution is 6.08. The van der Waals surface area contributed by atoms with Crippen LogP contribution in [0.5, 0.6) is 17.2 Å². The van der Waals surface area contributed by atoms with E-state index in [-0.39, 0.29) is 17.1 Å². The number of allylic oxidation sites excluding steroid dienone is 1. The van der Waals surface area contributed by atoms with Crippen molar-refractivity contribution in [2.45, 2.75) is 6.61 Å². The molecule has 136 valence electrons. The molecule has 0 heterocycles. The van der Waals surface area contributed by atoms with Crippen molar-refractivity contribution in [3.63, 3.8) is 0 Å². The summed E-state index contributed by atoms with van der Waals surface area (Å²) in [6.07, 6.45) is 3.13. The summed E-state index contributed by atoms with van der Waals surface area (Å²) in [5.74, 6) is 0.872. The van der Waals surface area contributed by atoms with Gasteiger partial charge in [0.25, 0.3) is 0 Å². The smallest absolute Gasteiger partial charge is 0.189 e. The third-order valence-corrected chi connectivity index (χ3v) is 4.03. The van der Waals surface area contributed by atoms with Gasteiger partial charge in [-0.25, -0.2) is 0 Å². The van der Waals surface area contributed by atoms with Crippen LogP contribution in [0.3, 0.4) is 0 Å². The first-order valence-corrected chi connectivity index (χ1v) is 8.52. The molecule has 0 aliphatic carbocycles. The maximum Gasteiger partial charge on any atom is 0.189 e. The summed E-state index contributed by atoms with van der Waals surface area (Å²) < 4.78 is 10.8. The van der Waals surface area contributed by atoms with E-state index in [4.69, 9.17) is 9.47 Å². The van der Waals surface area contributed by atoms with Crippen LogP contribution in [0.4, 0.5) is 0 Å². The number of ether oxygens (including phenoxy) is 2. The third-order valence-electron chi connectivity index (χ3n) is 4.03. The second-order valence-electron chi connectivity index (χ2n) is 5.92. The Kier molecular flexibility index (Phi) is 5.90. The average Bonchev–Trinajstić information content (AvgIpc) is 2.71. The number of carbonyl (C=O) groups is 1. The molecule has 0 atom stereocenters. The largest absolute Gasteiger partial charge is 0.507 e. The number of carbonyl (C=O) groups excluding carboxylic acids is 1. The van der Waals surface area contributed by atoms with E-state index in [1.165, 1.54) is 12.1 Å². The maximum absolute atomic E-state index is 12.3. The van der Waals surface area contributed by atoms with E-state index in [2.05, 4.69) is 0 Å². The number of hydrogen-bond acceptors (Lipinski definition) is 4. The molecule has 0 spiro atoms. The molecule has 3 aromatic rings. The minimum Gasteiger partial charge on any atom is -0.507 e. The second-order valence-corrected chi connectivity index (χ2v) is 5.92. The van der Waals surface area contributed by atoms with Gasteiger partial charge in [0, 0.05) is 6.07 Å². The molecule has 3 rings (SSSR count). The van der Waals surface area contributed by atoms with Gasteiger partial charge in [0.15, 0.2) is 5.78 Å². The molecule has 0 saturated heterocycles. The van der Waals surface area contributed by atoms with E-state index in [9.17, 15) is 9.90 Å². The second kappa shape index (κ2) is 8.72. The minimum absolute atomic E-state index is 0.107. The Labute approximate surface area is 158 Å². The summed E-state index contributed by atoms with van der Waals surface area (Å²) in [6, 6.07) is 21.8. The monoisotopic (exact) mass is 360 g/mol. The van der Waals surface area contributed by atoms with Crippen LogP contribution in [-0.2, 0) is 6.61 Å². The van der Waals surface area contributed by atoms with Crippen molar-refractivity contribution >= 4 is 11.9 Å². The molecule has 0 bridgehead atoms. The molecule has 0 aliphatic rings. The van der Waals surface area contributed by atoms with Gasteiger partial charge < -0.3 is 14.6 Å². The van der Waals surface area contributed by atoms with Gasteiger partial charge in [0.05, 0.1) is 12.7 Å². The number of rotatable bonds is 7. The predicted molar refractivity (Wildman–Crippen MR) is 105 cm³/mol. The molecule has 0 radical (unpaired) electrons. The van der Waals surface area contributed by atoms with Gasteiger partial charge in [0.1, 0.15) is 23.9 Å². The Bertz CT molecular complexity index is 928. The molecule has 4 nitrogen and oxygen atoms in total. The summed E-state index contributed by atoms with van der Waals surface area (Å²) in [5, 5.41) is 10.2. The Morgan fingerprint density at radius 2 is 1.67 bits per heavy atom. The van der Waals surface area contributed by atoms with E-state index < -0.39 is 0 Å². The summed E-state index contributed by atoms with van der Waals surface area (Å²) in [4.78, 5) is 12.3. The van der Waals surface area contributed by atoms with Gasteiger partial charge in [-0.15, -0.1) is 0 Å². The SMILES string of the molecule is COc1ccc(/C=C\C(=O)c2ccc(OCc3ccccc3)cc2O)cc1. The quantitative estimate of drug-likeness (QED) is 0.482. The first kappa shape index (κ1) is 18.3. The topological polar surface area (TPSA) is 55.8 Å². The van der Waals surface area contributed by atoms with Crippen molar-refractivity contribution in [3.05, 3.63) is 95.6 Å². The van der Waals surface area contributed by atoms with Crippen LogP contribution in [0.15, 0.2) is 78.9 Å². The number of hydrogen-bond donors (Lipinski definition) is 1. The Balaban J connectivity index is 1.65. The molecule has 3 aromatic carbocycles. The van der Waals surface area contributed by atoms with Crippen molar-refractivity contribution < 1.29 is 19.4 Å². The number of methoxy groups -OCH3 is 1. The molecule has 0 aromatic heterocycles. The van der Waals surface area contributed by atoms with Gasteiger partial charge >= 0.3 is 0 Å². The number of aromatic hydroxyl groups is 1. The van der Waals surface area contributed by atoms with E-state index in [1.54, 1.807) is 25.3 Å². The predicted octanol–water partition coefficient (Wildman–Crippen LogP) is 4.88. The zero-order chi connectivity index (χ0) is 19.1. The molecule has 4 heteroatoms. The number of ketones is 1. The molecule has 1 N–H and O–H groups in total. The lowest BCUT2D eigenvalue weighted by Gasteiger charge is -2.08. The average molecular weight is 360 g/mol. The Morgan fingerprint density at radius 1 is 0.963 bits per heavy atom. The van der Waals surface area contributed by atoms with E-state index in [1.807, 2.05) is 54.6 Å². The van der Waals surface area contributed by atoms with Crippen LogP contribution in [0, 0.1) is 0 Å². The van der Waals surface area contributed by atoms with Gasteiger partial charge in [-0.2, -0.15) is 0 Å². The number of benzene rings is 3. The Morgan fingerprint density at radius 3 is 2.33 bits per heavy atom. The maximum atomic E-state index is 12.3. The van der Waals surface area contributed by atoms with Crippen molar-refractivity contribution in [2.75, 3.05) is 7.11 Å². The Hall–Kier alpha value is -3.53. The molecule has 0 saturated carbocycles. The summed E-state index contributed by atoms with van der Waals surface area (Å²) in [7, 11) is 1.60. The molecule has 0 fully saturated rings. The van der Waals surface area contributed by atoms with Crippen molar-refractivity contribution in [3.8, 4) is 17.2 Å². The lowest BCUT2D eigenvalue weighted by molar-refractivity contribution is 0.104. The highest BCUT2D eigenvalue weighted by atomic mass is 16.5. The van der Waals surface area contributed by atoms with Crippen LogP contribution < -0.4 is 9.47 Å². The van der Waals surface area contributed by atoms with Gasteiger partial charge in [-0.1, -0.05) is 48.5 Å². The van der Waals surface area contributed by atoms with Crippen LogP contribution in [0.2, 0.25) is 0 Å². The van der Waals surface area contributed by atoms with Crippen LogP contribution >= 0.6 is 0 Å². The lowest BCUT2D eigenvalue weighted by atomic mass is 10.1. The van der Waals surface area contributed by atoms with Gasteiger partial charge in [-0.3, -0.25) is 4.79 Å². The zero-order valence-corrected chi connectivity index (χ0v) is 15.0. The third kappa shape index (κ3) is 4.98. The van der Waals surface area contributed by atoms with Gasteiger partial charge in [0.2, 0.25) is 0 Å². The molecule has 0 unspecified atom stereocenters. The first-order valence-electron chi connectivity index (χ1n) is 8.52. The summed E-state index contributed by atoms with van der Waals surface area (Å²) in [5.41, 5.74) is 2.12. The van der Waals surface area contributed by atoms with Crippen molar-refractivity contribution in [1.29, 1.82) is 0 Å². The standard InChI is InChI=1S/C23H20O4/c1-26-19-10-7-17(8-11-19)9-14-22(24)21-13-12-20(15-23(21)25)27-16-18-5-3-2-4-6-18/h2-15,25H,16H2,1H3/b14-9-. The van der Waals surface area contributed by atoms with Crippen LogP contribution in [-0.4, -0.2) is 18.0 Å². The molecule has 0 aliphatic heterocycles. The fourth-order valence-corrected chi connectivity index (χ4v) is 2.53. The molecular formula is C23H20O4. The van der Waals surface area contributed by atoms with Crippen LogP contribution in [0.25, 0.3) is 6.08 Å². The van der Waals surface area contributed by atoms with E-state index in [0.29, 0.717) is 12.4 Å². The molecular weight excluding hydrogens is 340 g/mol. The van der Waals surface area contributed by atoms with E-state index >= 15 is 0 Å². The van der Waals surface area contributed by atoms with Crippen LogP contribution in [0.1, 0.15) is 21.5 Å². The highest BCUT2D eigenvalue weighted by Crippen LogP contribution is 2.25. The zero-order valence-electron chi connectivity index (χ0n) is 15.0. The molecule has 27 heavy (non-hydrogen) atoms. The molecule has 0 amide bonds. The highest BCUT2D eigenvalue weighted by Gasteiger charge is 2.10. The lowest BCUT2D eigenvalue weighted by Crippen LogP contribution is -1.98. The van der Waals surface area contributed by atoms with Gasteiger partial charge in [-0.05, 0) is 41.5 Å². The summed E-state index contributed by atoms with van der Waals surface area (Å²) >= 11 is 0. The van der Waals surface area contributed by atoms with Crippen molar-refractivity contribution in [1.82, 2.24) is 0 Å². The number of phenolic OH excluding ortho intramolecular Hbond substituents is 1. The van der Waals surface area contributed by atoms with E-state index in [0.717, 1.165) is 16.9 Å². The minimum atomic E-state index is -0.280. The number of phenols is 1. The van der Waals surface area contributed by atoms with Crippen molar-refractivity contribution in [2.24, 2.45) is 0 Å². The first-order chi connectivity index (χ1) is 13.2. The summed E-state index contributed by atoms with van der Waals surface area (Å²) in [6.45, 7) is 0.394.